The topological polar surface area (TPSA) is 9.23 Å². The molecule has 0 amide bonds. The van der Waals surface area contributed by atoms with E-state index in [4.69, 9.17) is 4.74 Å². The highest BCUT2D eigenvalue weighted by molar-refractivity contribution is 5.48. The molecular weight excluding hydrogens is 316 g/mol. The molecule has 3 aromatic carbocycles. The van der Waals surface area contributed by atoms with E-state index in [-0.39, 0.29) is 5.60 Å². The summed E-state index contributed by atoms with van der Waals surface area (Å²) in [5, 5.41) is 0. The highest BCUT2D eigenvalue weighted by atomic mass is 16.5. The Balaban J connectivity index is 2.23. The Morgan fingerprint density at radius 3 is 1.46 bits per heavy atom. The minimum atomic E-state index is -0.837. The Hall–Kier alpha value is -2.82. The van der Waals surface area contributed by atoms with E-state index in [2.05, 4.69) is 56.9 Å². The molecule has 0 saturated carbocycles. The largest absolute Gasteiger partial charge is 0.348 e. The summed E-state index contributed by atoms with van der Waals surface area (Å²) in [6, 6.07) is 30.5. The molecule has 0 fully saturated rings. The molecule has 0 spiro atoms. The van der Waals surface area contributed by atoms with E-state index < -0.39 is 5.60 Å². The van der Waals surface area contributed by atoms with Crippen LogP contribution in [0.25, 0.3) is 0 Å². The molecule has 0 unspecified atom stereocenters. The molecule has 3 aromatic rings. The lowest BCUT2D eigenvalue weighted by Gasteiger charge is -2.36. The first-order chi connectivity index (χ1) is 12.5. The fourth-order valence-corrected chi connectivity index (χ4v) is 2.94. The molecule has 0 saturated heterocycles. The Labute approximate surface area is 156 Å². The normalized spacial score (nSPS) is 11.5. The molecule has 0 bridgehead atoms. The van der Waals surface area contributed by atoms with Crippen LogP contribution in [-0.2, 0) is 10.3 Å². The Bertz CT molecular complexity index is 839. The summed E-state index contributed by atoms with van der Waals surface area (Å²) in [7, 11) is 0. The maximum Gasteiger partial charge on any atom is 0.180 e. The minimum absolute atomic E-state index is 0.364. The molecular formula is C25H24O. The van der Waals surface area contributed by atoms with E-state index >= 15 is 0 Å². The molecule has 26 heavy (non-hydrogen) atoms. The summed E-state index contributed by atoms with van der Waals surface area (Å²) in [5.41, 5.74) is 1.84. The highest BCUT2D eigenvalue weighted by Crippen LogP contribution is 2.37. The van der Waals surface area contributed by atoms with Crippen LogP contribution in [0.1, 0.15) is 37.5 Å². The van der Waals surface area contributed by atoms with Gasteiger partial charge in [0.25, 0.3) is 0 Å². The van der Waals surface area contributed by atoms with Gasteiger partial charge in [0.1, 0.15) is 0 Å². The lowest BCUT2D eigenvalue weighted by molar-refractivity contribution is -0.0822. The lowest BCUT2D eigenvalue weighted by atomic mass is 9.85. The second-order valence-electron chi connectivity index (χ2n) is 7.24. The van der Waals surface area contributed by atoms with Gasteiger partial charge >= 0.3 is 0 Å². The first-order valence-electron chi connectivity index (χ1n) is 8.89. The average molecular weight is 340 g/mol. The number of benzene rings is 3. The molecule has 130 valence electrons. The fraction of sp³-hybridized carbons (Fsp3) is 0.200. The van der Waals surface area contributed by atoms with Gasteiger partial charge in [-0.2, -0.15) is 0 Å². The lowest BCUT2D eigenvalue weighted by Crippen LogP contribution is -2.37. The van der Waals surface area contributed by atoms with Crippen molar-refractivity contribution in [2.24, 2.45) is 0 Å². The zero-order chi connectivity index (χ0) is 18.5. The molecule has 3 rings (SSSR count). The maximum atomic E-state index is 6.65. The van der Waals surface area contributed by atoms with E-state index in [9.17, 15) is 0 Å². The van der Waals surface area contributed by atoms with Crippen LogP contribution < -0.4 is 0 Å². The van der Waals surface area contributed by atoms with Crippen molar-refractivity contribution in [3.05, 3.63) is 108 Å². The van der Waals surface area contributed by atoms with Crippen molar-refractivity contribution in [3.8, 4) is 11.8 Å². The summed E-state index contributed by atoms with van der Waals surface area (Å²) in [4.78, 5) is 0. The van der Waals surface area contributed by atoms with Crippen molar-refractivity contribution in [2.45, 2.75) is 32.0 Å². The first kappa shape index (κ1) is 18.0. The van der Waals surface area contributed by atoms with Crippen LogP contribution in [0.4, 0.5) is 0 Å². The van der Waals surface area contributed by atoms with E-state index in [1.165, 1.54) is 0 Å². The molecule has 0 aliphatic heterocycles. The van der Waals surface area contributed by atoms with Crippen molar-refractivity contribution in [2.75, 3.05) is 0 Å². The van der Waals surface area contributed by atoms with Crippen LogP contribution in [0, 0.1) is 11.8 Å². The van der Waals surface area contributed by atoms with Gasteiger partial charge < -0.3 is 4.74 Å². The Morgan fingerprint density at radius 1 is 0.615 bits per heavy atom. The average Bonchev–Trinajstić information content (AvgIpc) is 2.66. The van der Waals surface area contributed by atoms with Gasteiger partial charge in [-0.15, -0.1) is 0 Å². The van der Waals surface area contributed by atoms with Crippen molar-refractivity contribution in [3.63, 3.8) is 0 Å². The van der Waals surface area contributed by atoms with Gasteiger partial charge in [-0.3, -0.25) is 0 Å². The fourth-order valence-electron chi connectivity index (χ4n) is 2.94. The van der Waals surface area contributed by atoms with Crippen molar-refractivity contribution in [1.29, 1.82) is 0 Å². The van der Waals surface area contributed by atoms with Crippen molar-refractivity contribution in [1.82, 2.24) is 0 Å². The highest BCUT2D eigenvalue weighted by Gasteiger charge is 2.37. The smallest absolute Gasteiger partial charge is 0.180 e. The van der Waals surface area contributed by atoms with Crippen LogP contribution in [0.3, 0.4) is 0 Å². The van der Waals surface area contributed by atoms with Crippen molar-refractivity contribution < 1.29 is 4.74 Å². The Morgan fingerprint density at radius 2 is 1.04 bits per heavy atom. The quantitative estimate of drug-likeness (QED) is 0.548. The van der Waals surface area contributed by atoms with Gasteiger partial charge in [-0.05, 0) is 32.9 Å². The van der Waals surface area contributed by atoms with Crippen LogP contribution in [0.2, 0.25) is 0 Å². The predicted octanol–water partition coefficient (Wildman–Crippen LogP) is 5.80. The van der Waals surface area contributed by atoms with Gasteiger partial charge in [-0.25, -0.2) is 0 Å². The summed E-state index contributed by atoms with van der Waals surface area (Å²) < 4.78 is 6.65. The van der Waals surface area contributed by atoms with Crippen LogP contribution in [0.15, 0.2) is 91.0 Å². The summed E-state index contributed by atoms with van der Waals surface area (Å²) in [6.45, 7) is 6.20. The third-order valence-electron chi connectivity index (χ3n) is 3.98. The zero-order valence-corrected chi connectivity index (χ0v) is 15.6. The molecule has 0 atom stereocenters. The third-order valence-corrected chi connectivity index (χ3v) is 3.98. The van der Waals surface area contributed by atoms with Gasteiger partial charge in [0, 0.05) is 16.7 Å². The molecule has 0 aromatic heterocycles. The van der Waals surface area contributed by atoms with Crippen LogP contribution in [0.5, 0.6) is 0 Å². The summed E-state index contributed by atoms with van der Waals surface area (Å²) >= 11 is 0. The van der Waals surface area contributed by atoms with Crippen LogP contribution >= 0.6 is 0 Å². The number of ether oxygens (including phenoxy) is 1. The maximum absolute atomic E-state index is 6.65. The SMILES string of the molecule is CC(C)(C)OC(C#Cc1ccccc1)(c1ccccc1)c1ccccc1. The molecule has 0 aliphatic rings. The molecule has 0 N–H and O–H groups in total. The molecule has 0 aliphatic carbocycles. The van der Waals surface area contributed by atoms with E-state index in [1.54, 1.807) is 0 Å². The predicted molar refractivity (Wildman–Crippen MR) is 108 cm³/mol. The zero-order valence-electron chi connectivity index (χ0n) is 15.6. The van der Waals surface area contributed by atoms with Gasteiger partial charge in [0.15, 0.2) is 5.60 Å². The minimum Gasteiger partial charge on any atom is -0.348 e. The van der Waals surface area contributed by atoms with Gasteiger partial charge in [0.05, 0.1) is 5.60 Å². The molecule has 0 radical (unpaired) electrons. The van der Waals surface area contributed by atoms with Gasteiger partial charge in [-0.1, -0.05) is 90.7 Å². The summed E-state index contributed by atoms with van der Waals surface area (Å²) in [5.74, 6) is 6.80. The number of hydrogen-bond acceptors (Lipinski definition) is 1. The van der Waals surface area contributed by atoms with E-state index in [0.29, 0.717) is 0 Å². The van der Waals surface area contributed by atoms with Crippen molar-refractivity contribution >= 4 is 0 Å². The van der Waals surface area contributed by atoms with E-state index in [1.807, 2.05) is 66.7 Å². The molecule has 0 heterocycles. The second kappa shape index (κ2) is 7.60. The standard InChI is InChI=1S/C25H24O/c1-24(2,3)26-25(22-15-9-5-10-16-22,23-17-11-6-12-18-23)20-19-21-13-7-4-8-14-21/h4-18H,1-3H3. The van der Waals surface area contributed by atoms with Crippen LogP contribution in [-0.4, -0.2) is 5.60 Å². The number of rotatable bonds is 3. The first-order valence-corrected chi connectivity index (χ1v) is 8.89. The molecule has 1 nitrogen and oxygen atoms in total. The monoisotopic (exact) mass is 340 g/mol. The van der Waals surface area contributed by atoms with Gasteiger partial charge in [0.2, 0.25) is 0 Å². The second-order valence-corrected chi connectivity index (χ2v) is 7.24. The Kier molecular flexibility index (Phi) is 5.26. The number of hydrogen-bond donors (Lipinski definition) is 0. The molecule has 1 heteroatoms. The summed E-state index contributed by atoms with van der Waals surface area (Å²) in [6.07, 6.45) is 0. The van der Waals surface area contributed by atoms with E-state index in [0.717, 1.165) is 16.7 Å². The third kappa shape index (κ3) is 4.23.